The molecule has 1 heterocycles. The molecule has 0 bridgehead atoms. The van der Waals surface area contributed by atoms with Crippen molar-refractivity contribution < 1.29 is 33.6 Å². The number of Topliss-reactive ketones (excluding diaryl/α,β-unsaturated/α-hetero) is 1. The van der Waals surface area contributed by atoms with Crippen LogP contribution in [0, 0.1) is 5.92 Å². The highest BCUT2D eigenvalue weighted by molar-refractivity contribution is 7.99. The number of carbonyl (C=O) groups excluding carboxylic acids is 2. The molecule has 3 atom stereocenters. The lowest BCUT2D eigenvalue weighted by atomic mass is 9.66. The van der Waals surface area contributed by atoms with Gasteiger partial charge in [0.2, 0.25) is 0 Å². The summed E-state index contributed by atoms with van der Waals surface area (Å²) in [5, 5.41) is 10.3. The van der Waals surface area contributed by atoms with Gasteiger partial charge in [0, 0.05) is 29.5 Å². The number of fused-ring (bicyclic) bond motifs is 1. The zero-order valence-electron chi connectivity index (χ0n) is 23.7. The highest BCUT2D eigenvalue weighted by Gasteiger charge is 2.46. The molecule has 0 saturated heterocycles. The molecular weight excluding hydrogens is 530 g/mol. The van der Waals surface area contributed by atoms with Crippen molar-refractivity contribution in [3.05, 3.63) is 58.8 Å². The molecule has 1 saturated carbocycles. The maximum Gasteiger partial charge on any atom is 0.336 e. The second-order valence-electron chi connectivity index (χ2n) is 9.74. The van der Waals surface area contributed by atoms with Crippen LogP contribution in [0.5, 0.6) is 23.0 Å². The van der Waals surface area contributed by atoms with Crippen LogP contribution >= 0.6 is 11.8 Å². The Labute approximate surface area is 239 Å². The van der Waals surface area contributed by atoms with Gasteiger partial charge in [0.15, 0.2) is 23.0 Å². The van der Waals surface area contributed by atoms with E-state index in [-0.39, 0.29) is 24.1 Å². The number of ketones is 1. The zero-order chi connectivity index (χ0) is 28.8. The van der Waals surface area contributed by atoms with Gasteiger partial charge in [-0.15, -0.1) is 0 Å². The minimum atomic E-state index is -0.619. The number of phenols is 1. The lowest BCUT2D eigenvalue weighted by Crippen LogP contribution is -2.41. The van der Waals surface area contributed by atoms with Crippen LogP contribution in [0.15, 0.2) is 52.7 Å². The number of rotatable bonds is 11. The van der Waals surface area contributed by atoms with E-state index < -0.39 is 17.8 Å². The lowest BCUT2D eigenvalue weighted by Gasteiger charge is -2.38. The number of nitrogens with zero attached hydrogens (tertiary/aromatic N) is 1. The van der Waals surface area contributed by atoms with Crippen molar-refractivity contribution in [2.24, 2.45) is 10.9 Å². The average Bonchev–Trinajstić information content (AvgIpc) is 2.95. The van der Waals surface area contributed by atoms with Crippen molar-refractivity contribution in [3.8, 4) is 23.0 Å². The second-order valence-corrected chi connectivity index (χ2v) is 11.1. The molecule has 214 valence electrons. The Bertz CT molecular complexity index is 1320. The Balaban J connectivity index is 1.75. The molecule has 1 unspecified atom stereocenters. The topological polar surface area (TPSA) is 104 Å². The summed E-state index contributed by atoms with van der Waals surface area (Å²) in [5.74, 6) is 1.38. The Morgan fingerprint density at radius 2 is 1.73 bits per heavy atom. The molecule has 40 heavy (non-hydrogen) atoms. The molecule has 0 amide bonds. The first-order valence-corrected chi connectivity index (χ1v) is 14.7. The first kappa shape index (κ1) is 29.5. The van der Waals surface area contributed by atoms with E-state index >= 15 is 0 Å². The first-order valence-electron chi connectivity index (χ1n) is 13.6. The number of phenolic OH excluding ortho intramolecular Hbond substituents is 1. The van der Waals surface area contributed by atoms with Gasteiger partial charge in [-0.2, -0.15) is 11.8 Å². The number of benzene rings is 2. The Morgan fingerprint density at radius 3 is 2.42 bits per heavy atom. The van der Waals surface area contributed by atoms with Gasteiger partial charge in [0.05, 0.1) is 32.3 Å². The highest BCUT2D eigenvalue weighted by atomic mass is 32.2. The van der Waals surface area contributed by atoms with Crippen molar-refractivity contribution in [1.82, 2.24) is 0 Å². The normalized spacial score (nSPS) is 20.5. The van der Waals surface area contributed by atoms with E-state index in [4.69, 9.17) is 23.9 Å². The average molecular weight is 568 g/mol. The standard InChI is InChI=1S/C31H37NO7S/c1-6-38-26-17-20(8-10-23(26)33)29-28(31(35)39-12-13-40-7-2)18(3)32-22-14-21(15-24(34)30(22)29)19-9-11-25(36-4)27(16-19)37-5/h8-11,16-17,21,29-30,33H,6-7,12-15H2,1-5H3/t21-,29-,30?/m0/s1. The third-order valence-electron chi connectivity index (χ3n) is 7.36. The number of esters is 1. The predicted molar refractivity (Wildman–Crippen MR) is 156 cm³/mol. The van der Waals surface area contributed by atoms with E-state index in [1.54, 1.807) is 51.1 Å². The fraction of sp³-hybridized carbons (Fsp3) is 0.452. The number of methoxy groups -OCH3 is 2. The van der Waals surface area contributed by atoms with Crippen molar-refractivity contribution in [2.75, 3.05) is 38.9 Å². The molecule has 1 aliphatic heterocycles. The molecule has 4 rings (SSSR count). The molecule has 8 nitrogen and oxygen atoms in total. The molecule has 2 aliphatic rings. The molecule has 0 aromatic heterocycles. The monoisotopic (exact) mass is 567 g/mol. The molecule has 9 heteroatoms. The van der Waals surface area contributed by atoms with E-state index in [0.29, 0.717) is 59.3 Å². The van der Waals surface area contributed by atoms with Crippen molar-refractivity contribution >= 4 is 29.2 Å². The van der Waals surface area contributed by atoms with Gasteiger partial charge < -0.3 is 24.1 Å². The Hall–Kier alpha value is -3.46. The largest absolute Gasteiger partial charge is 0.504 e. The number of carbonyl (C=O) groups is 2. The molecule has 2 aromatic carbocycles. The summed E-state index contributed by atoms with van der Waals surface area (Å²) in [6.07, 6.45) is 0.853. The summed E-state index contributed by atoms with van der Waals surface area (Å²) in [6, 6.07) is 10.7. The Kier molecular flexibility index (Phi) is 9.79. The van der Waals surface area contributed by atoms with Crippen LogP contribution in [0.25, 0.3) is 0 Å². The van der Waals surface area contributed by atoms with Gasteiger partial charge in [-0.1, -0.05) is 19.1 Å². The van der Waals surface area contributed by atoms with Crippen LogP contribution < -0.4 is 14.2 Å². The van der Waals surface area contributed by atoms with Crippen LogP contribution in [-0.4, -0.2) is 61.5 Å². The number of ether oxygens (including phenoxy) is 4. The summed E-state index contributed by atoms with van der Waals surface area (Å²) < 4.78 is 22.2. The van der Waals surface area contributed by atoms with E-state index in [0.717, 1.165) is 17.0 Å². The maximum atomic E-state index is 13.9. The quantitative estimate of drug-likeness (QED) is 0.273. The van der Waals surface area contributed by atoms with E-state index in [2.05, 4.69) is 6.92 Å². The SMILES string of the molecule is CCOc1cc([C@H]2C(C(=O)OCCSCC)=C(C)N=C3C[C@H](c4ccc(OC)c(OC)c4)CC(=O)C32)ccc1O. The fourth-order valence-corrected chi connectivity index (χ4v) is 6.04. The molecule has 2 aromatic rings. The highest BCUT2D eigenvalue weighted by Crippen LogP contribution is 2.47. The molecule has 1 N–H and O–H groups in total. The zero-order valence-corrected chi connectivity index (χ0v) is 24.5. The summed E-state index contributed by atoms with van der Waals surface area (Å²) in [4.78, 5) is 32.2. The van der Waals surface area contributed by atoms with E-state index in [1.165, 1.54) is 0 Å². The maximum absolute atomic E-state index is 13.9. The van der Waals surface area contributed by atoms with Gasteiger partial charge in [-0.05, 0) is 67.3 Å². The number of thioether (sulfide) groups is 1. The molecule has 1 aliphatic carbocycles. The van der Waals surface area contributed by atoms with Crippen LogP contribution in [0.1, 0.15) is 56.6 Å². The lowest BCUT2D eigenvalue weighted by molar-refractivity contribution is -0.139. The third-order valence-corrected chi connectivity index (χ3v) is 8.22. The second kappa shape index (κ2) is 13.3. The number of allylic oxidation sites excluding steroid dienone is 1. The smallest absolute Gasteiger partial charge is 0.336 e. The van der Waals surface area contributed by atoms with Gasteiger partial charge in [0.1, 0.15) is 12.4 Å². The van der Waals surface area contributed by atoms with Crippen LogP contribution in [0.4, 0.5) is 0 Å². The fourth-order valence-electron chi connectivity index (χ4n) is 5.55. The van der Waals surface area contributed by atoms with Crippen LogP contribution in [0.2, 0.25) is 0 Å². The van der Waals surface area contributed by atoms with Gasteiger partial charge in [-0.25, -0.2) is 4.79 Å². The van der Waals surface area contributed by atoms with Gasteiger partial charge >= 0.3 is 5.97 Å². The van der Waals surface area contributed by atoms with E-state index in [1.807, 2.05) is 25.1 Å². The number of hydrogen-bond acceptors (Lipinski definition) is 9. The van der Waals surface area contributed by atoms with Crippen molar-refractivity contribution in [3.63, 3.8) is 0 Å². The number of hydrogen-bond donors (Lipinski definition) is 1. The third kappa shape index (κ3) is 6.14. The minimum absolute atomic E-state index is 0.000147. The molecule has 0 radical (unpaired) electrons. The van der Waals surface area contributed by atoms with Gasteiger partial charge in [-0.3, -0.25) is 9.79 Å². The predicted octanol–water partition coefficient (Wildman–Crippen LogP) is 5.68. The van der Waals surface area contributed by atoms with Crippen LogP contribution in [0.3, 0.4) is 0 Å². The number of aromatic hydroxyl groups is 1. The summed E-state index contributed by atoms with van der Waals surface area (Å²) in [5.41, 5.74) is 3.32. The minimum Gasteiger partial charge on any atom is -0.504 e. The van der Waals surface area contributed by atoms with Gasteiger partial charge in [0.25, 0.3) is 0 Å². The molecule has 1 fully saturated rings. The van der Waals surface area contributed by atoms with Crippen molar-refractivity contribution in [2.45, 2.75) is 45.4 Å². The Morgan fingerprint density at radius 1 is 1.00 bits per heavy atom. The van der Waals surface area contributed by atoms with Crippen LogP contribution in [-0.2, 0) is 14.3 Å². The molecule has 0 spiro atoms. The first-order chi connectivity index (χ1) is 19.3. The molecular formula is C31H37NO7S. The van der Waals surface area contributed by atoms with Crippen molar-refractivity contribution in [1.29, 1.82) is 0 Å². The summed E-state index contributed by atoms with van der Waals surface area (Å²) in [6.45, 7) is 6.32. The summed E-state index contributed by atoms with van der Waals surface area (Å²) in [7, 11) is 3.17. The van der Waals surface area contributed by atoms with E-state index in [9.17, 15) is 14.7 Å². The number of aliphatic imine (C=N–C) groups is 1. The summed E-state index contributed by atoms with van der Waals surface area (Å²) >= 11 is 1.69.